The van der Waals surface area contributed by atoms with Crippen LogP contribution in [0.15, 0.2) is 23.3 Å². The first kappa shape index (κ1) is 8.79. The molecule has 0 unspecified atom stereocenters. The van der Waals surface area contributed by atoms with Gasteiger partial charge in [-0.2, -0.15) is 13.2 Å². The average Bonchev–Trinajstić information content (AvgIpc) is 2.50. The molecule has 0 amide bonds. The summed E-state index contributed by atoms with van der Waals surface area (Å²) in [6.45, 7) is 0. The maximum atomic E-state index is 12.2. The van der Waals surface area contributed by atoms with Crippen molar-refractivity contribution < 1.29 is 13.2 Å². The van der Waals surface area contributed by atoms with Crippen molar-refractivity contribution in [3.63, 3.8) is 0 Å². The minimum Gasteiger partial charge on any atom is -0.279 e. The molecule has 0 aromatic carbocycles. The molecule has 2 heterocycles. The van der Waals surface area contributed by atoms with Gasteiger partial charge in [-0.05, 0) is 6.07 Å². The smallest absolute Gasteiger partial charge is 0.279 e. The summed E-state index contributed by atoms with van der Waals surface area (Å²) in [4.78, 5) is 14.7. The molecule has 74 valence electrons. The van der Waals surface area contributed by atoms with Crippen molar-refractivity contribution in [3.8, 4) is 0 Å². The van der Waals surface area contributed by atoms with E-state index >= 15 is 0 Å². The lowest BCUT2D eigenvalue weighted by molar-refractivity contribution is -0.137. The number of nitrogens with one attached hydrogen (secondary N) is 1. The Morgan fingerprint density at radius 1 is 1.36 bits per heavy atom. The summed E-state index contributed by atoms with van der Waals surface area (Å²) in [6, 6.07) is 1.32. The van der Waals surface area contributed by atoms with Gasteiger partial charge in [-0.25, -0.2) is 9.50 Å². The molecule has 2 rings (SSSR count). The number of hydrogen-bond donors (Lipinski definition) is 1. The average molecular weight is 203 g/mol. The van der Waals surface area contributed by atoms with E-state index in [1.54, 1.807) is 0 Å². The molecule has 0 saturated carbocycles. The fourth-order valence-corrected chi connectivity index (χ4v) is 1.10. The number of alkyl halides is 3. The van der Waals surface area contributed by atoms with Crippen molar-refractivity contribution in [1.29, 1.82) is 0 Å². The molecule has 0 bridgehead atoms. The summed E-state index contributed by atoms with van der Waals surface area (Å²) in [7, 11) is 0. The molecule has 2 aromatic heterocycles. The highest BCUT2D eigenvalue weighted by atomic mass is 19.4. The van der Waals surface area contributed by atoms with Crippen LogP contribution in [-0.2, 0) is 6.18 Å². The van der Waals surface area contributed by atoms with Crippen molar-refractivity contribution in [1.82, 2.24) is 14.6 Å². The topological polar surface area (TPSA) is 50.2 Å². The van der Waals surface area contributed by atoms with Crippen LogP contribution in [-0.4, -0.2) is 14.6 Å². The summed E-state index contributed by atoms with van der Waals surface area (Å²) in [5.74, 6) is 0. The zero-order valence-corrected chi connectivity index (χ0v) is 6.67. The van der Waals surface area contributed by atoms with Gasteiger partial charge >= 0.3 is 6.18 Å². The Hall–Kier alpha value is -1.79. The maximum absolute atomic E-state index is 12.2. The molecule has 0 radical (unpaired) electrons. The molecule has 0 fully saturated rings. The minimum atomic E-state index is -4.52. The third kappa shape index (κ3) is 1.26. The lowest BCUT2D eigenvalue weighted by Gasteiger charge is -2.04. The van der Waals surface area contributed by atoms with Gasteiger partial charge in [0.05, 0.1) is 5.56 Å². The van der Waals surface area contributed by atoms with Crippen LogP contribution >= 0.6 is 0 Å². The zero-order valence-electron chi connectivity index (χ0n) is 6.67. The van der Waals surface area contributed by atoms with E-state index in [0.717, 1.165) is 16.9 Å². The highest BCUT2D eigenvalue weighted by Crippen LogP contribution is 2.28. The molecule has 0 saturated heterocycles. The number of H-pyrrole nitrogens is 1. The third-order valence-electron chi connectivity index (χ3n) is 1.72. The number of aromatic nitrogens is 3. The van der Waals surface area contributed by atoms with Gasteiger partial charge in [-0.1, -0.05) is 0 Å². The van der Waals surface area contributed by atoms with E-state index in [9.17, 15) is 18.0 Å². The van der Waals surface area contributed by atoms with Crippen molar-refractivity contribution in [3.05, 3.63) is 34.4 Å². The number of pyridine rings is 1. The van der Waals surface area contributed by atoms with E-state index in [1.165, 1.54) is 0 Å². The van der Waals surface area contributed by atoms with Gasteiger partial charge in [0.15, 0.2) is 5.65 Å². The number of hydrogen-bond acceptors (Lipinski definition) is 2. The predicted molar refractivity (Wildman–Crippen MR) is 40.8 cm³/mol. The van der Waals surface area contributed by atoms with E-state index in [2.05, 4.69) is 10.1 Å². The molecule has 0 spiro atoms. The molecule has 0 aliphatic rings. The zero-order chi connectivity index (χ0) is 10.3. The Balaban J connectivity index is 2.77. The monoisotopic (exact) mass is 203 g/mol. The van der Waals surface area contributed by atoms with Crippen LogP contribution in [0.25, 0.3) is 5.65 Å². The normalized spacial score (nSPS) is 12.2. The van der Waals surface area contributed by atoms with Gasteiger partial charge < -0.3 is 0 Å². The molecular formula is C7H4F3N3O. The summed E-state index contributed by atoms with van der Waals surface area (Å²) >= 11 is 0. The SMILES string of the molecule is O=c1cc(C(F)(F)F)cc2nc[nH]n12. The minimum absolute atomic E-state index is 0.0511. The molecule has 7 heteroatoms. The van der Waals surface area contributed by atoms with Crippen LogP contribution < -0.4 is 5.56 Å². The summed E-state index contributed by atoms with van der Waals surface area (Å²) < 4.78 is 37.6. The van der Waals surface area contributed by atoms with Crippen LogP contribution in [0, 0.1) is 0 Å². The van der Waals surface area contributed by atoms with Gasteiger partial charge in [0.1, 0.15) is 6.33 Å². The molecule has 1 N–H and O–H groups in total. The van der Waals surface area contributed by atoms with Crippen LogP contribution in [0.3, 0.4) is 0 Å². The van der Waals surface area contributed by atoms with Crippen LogP contribution in [0.2, 0.25) is 0 Å². The number of halogens is 3. The number of fused-ring (bicyclic) bond motifs is 1. The molecule has 14 heavy (non-hydrogen) atoms. The van der Waals surface area contributed by atoms with Crippen molar-refractivity contribution in [2.75, 3.05) is 0 Å². The van der Waals surface area contributed by atoms with Gasteiger partial charge in [0.25, 0.3) is 5.56 Å². The lowest BCUT2D eigenvalue weighted by atomic mass is 10.2. The molecule has 4 nitrogen and oxygen atoms in total. The molecular weight excluding hydrogens is 199 g/mol. The van der Waals surface area contributed by atoms with E-state index in [-0.39, 0.29) is 5.65 Å². The van der Waals surface area contributed by atoms with Crippen molar-refractivity contribution >= 4 is 5.65 Å². The van der Waals surface area contributed by atoms with Crippen molar-refractivity contribution in [2.24, 2.45) is 0 Å². The van der Waals surface area contributed by atoms with Crippen LogP contribution in [0.4, 0.5) is 13.2 Å². The second kappa shape index (κ2) is 2.60. The molecule has 2 aromatic rings. The van der Waals surface area contributed by atoms with Gasteiger partial charge in [-0.3, -0.25) is 9.89 Å². The second-order valence-corrected chi connectivity index (χ2v) is 2.66. The highest BCUT2D eigenvalue weighted by Gasteiger charge is 2.31. The second-order valence-electron chi connectivity index (χ2n) is 2.66. The van der Waals surface area contributed by atoms with E-state index in [1.807, 2.05) is 0 Å². The largest absolute Gasteiger partial charge is 0.416 e. The lowest BCUT2D eigenvalue weighted by Crippen LogP contribution is -2.17. The molecule has 0 aliphatic heterocycles. The standard InChI is InChI=1S/C7H4F3N3O/c8-7(9,10)4-1-5-11-3-12-13(5)6(14)2-4/h1-3H,(H,11,12). The van der Waals surface area contributed by atoms with Crippen molar-refractivity contribution in [2.45, 2.75) is 6.18 Å². The number of nitrogens with zero attached hydrogens (tertiary/aromatic N) is 2. The fraction of sp³-hybridized carbons (Fsp3) is 0.143. The first-order chi connectivity index (χ1) is 6.48. The Morgan fingerprint density at radius 2 is 2.07 bits per heavy atom. The van der Waals surface area contributed by atoms with Crippen LogP contribution in [0.5, 0.6) is 0 Å². The first-order valence-electron chi connectivity index (χ1n) is 3.62. The Bertz CT molecular complexity index is 525. The molecule has 0 aliphatic carbocycles. The summed E-state index contributed by atoms with van der Waals surface area (Å²) in [5, 5.41) is 2.39. The summed E-state index contributed by atoms with van der Waals surface area (Å²) in [5.41, 5.74) is -1.83. The summed E-state index contributed by atoms with van der Waals surface area (Å²) in [6.07, 6.45) is -3.37. The fourth-order valence-electron chi connectivity index (χ4n) is 1.10. The van der Waals surface area contributed by atoms with Crippen LogP contribution in [0.1, 0.15) is 5.56 Å². The number of rotatable bonds is 0. The Kier molecular flexibility index (Phi) is 1.63. The third-order valence-corrected chi connectivity index (χ3v) is 1.72. The van der Waals surface area contributed by atoms with Gasteiger partial charge in [0, 0.05) is 6.07 Å². The first-order valence-corrected chi connectivity index (χ1v) is 3.62. The Morgan fingerprint density at radius 3 is 2.71 bits per heavy atom. The Labute approximate surface area is 75.0 Å². The number of aromatic amines is 1. The molecule has 0 atom stereocenters. The predicted octanol–water partition coefficient (Wildman–Crippen LogP) is 1.04. The maximum Gasteiger partial charge on any atom is 0.416 e. The van der Waals surface area contributed by atoms with E-state index in [0.29, 0.717) is 6.07 Å². The van der Waals surface area contributed by atoms with E-state index < -0.39 is 17.3 Å². The van der Waals surface area contributed by atoms with Gasteiger partial charge in [-0.15, -0.1) is 0 Å². The quantitative estimate of drug-likeness (QED) is 0.695. The van der Waals surface area contributed by atoms with Gasteiger partial charge in [0.2, 0.25) is 0 Å². The van der Waals surface area contributed by atoms with E-state index in [4.69, 9.17) is 0 Å². The highest BCUT2D eigenvalue weighted by molar-refractivity contribution is 5.40.